The minimum Gasteiger partial charge on any atom is -0.294 e. The largest absolute Gasteiger partial charge is 0.294 e. The second kappa shape index (κ2) is 8.06. The van der Waals surface area contributed by atoms with E-state index in [4.69, 9.17) is 0 Å². The van der Waals surface area contributed by atoms with Crippen molar-refractivity contribution in [3.8, 4) is 0 Å². The molecule has 0 saturated carbocycles. The fourth-order valence-corrected chi connectivity index (χ4v) is 4.91. The van der Waals surface area contributed by atoms with E-state index >= 15 is 0 Å². The number of hydrogen-bond donors (Lipinski definition) is 0. The van der Waals surface area contributed by atoms with Gasteiger partial charge in [0, 0.05) is 34.1 Å². The van der Waals surface area contributed by atoms with Crippen LogP contribution in [0.15, 0.2) is 38.7 Å². The summed E-state index contributed by atoms with van der Waals surface area (Å²) in [5.74, 6) is 0.886. The first-order valence-electron chi connectivity index (χ1n) is 8.26. The number of fused-ring (bicyclic) bond motifs is 1. The molecule has 0 bridgehead atoms. The average Bonchev–Trinajstić information content (AvgIpc) is 2.90. The third-order valence-corrected chi connectivity index (χ3v) is 7.06. The van der Waals surface area contributed by atoms with Gasteiger partial charge in [-0.05, 0) is 38.0 Å². The molecule has 0 atom stereocenters. The predicted molar refractivity (Wildman–Crippen MR) is 113 cm³/mol. The number of ketones is 1. The number of thiophene rings is 1. The van der Waals surface area contributed by atoms with Gasteiger partial charge in [0.15, 0.2) is 10.9 Å². The highest BCUT2D eigenvalue weighted by atomic mass is 79.9. The second-order valence-corrected chi connectivity index (χ2v) is 9.28. The minimum atomic E-state index is 0.00490. The quantitative estimate of drug-likeness (QED) is 0.226. The number of benzene rings is 1. The number of carbonyl (C=O) groups excluding carboxylic acids is 1. The lowest BCUT2D eigenvalue weighted by atomic mass is 10.1. The molecule has 3 aromatic rings. The van der Waals surface area contributed by atoms with Gasteiger partial charge in [0.05, 0.1) is 5.39 Å². The Labute approximate surface area is 168 Å². The van der Waals surface area contributed by atoms with Crippen LogP contribution >= 0.6 is 39.0 Å². The third kappa shape index (κ3) is 3.94. The lowest BCUT2D eigenvalue weighted by Gasteiger charge is -2.07. The molecule has 2 heterocycles. The van der Waals surface area contributed by atoms with Gasteiger partial charge < -0.3 is 0 Å². The Bertz CT molecular complexity index is 1020. The van der Waals surface area contributed by atoms with Crippen LogP contribution in [0.25, 0.3) is 10.2 Å². The topological polar surface area (TPSA) is 52.0 Å². The average molecular weight is 451 g/mol. The molecule has 136 valence electrons. The summed E-state index contributed by atoms with van der Waals surface area (Å²) in [4.78, 5) is 31.4. The fraction of sp³-hybridized carbons (Fsp3) is 0.316. The molecule has 1 aromatic carbocycles. The number of halogens is 1. The van der Waals surface area contributed by atoms with Gasteiger partial charge in [-0.15, -0.1) is 11.3 Å². The minimum absolute atomic E-state index is 0.00490. The Kier molecular flexibility index (Phi) is 5.99. The van der Waals surface area contributed by atoms with Crippen LogP contribution in [0.4, 0.5) is 0 Å². The number of Topliss-reactive ketones (excluding diaryl/α,β-unsaturated/α-hetero) is 1. The van der Waals surface area contributed by atoms with Gasteiger partial charge >= 0.3 is 0 Å². The maximum Gasteiger partial charge on any atom is 0.262 e. The molecular weight excluding hydrogens is 432 g/mol. The highest BCUT2D eigenvalue weighted by molar-refractivity contribution is 9.10. The first kappa shape index (κ1) is 19.3. The van der Waals surface area contributed by atoms with Crippen molar-refractivity contribution in [3.05, 3.63) is 55.1 Å². The Morgan fingerprint density at radius 3 is 2.65 bits per heavy atom. The molecule has 0 aliphatic carbocycles. The van der Waals surface area contributed by atoms with Crippen molar-refractivity contribution in [1.29, 1.82) is 0 Å². The van der Waals surface area contributed by atoms with Crippen LogP contribution in [0.3, 0.4) is 0 Å². The van der Waals surface area contributed by atoms with E-state index in [-0.39, 0.29) is 11.3 Å². The molecule has 7 heteroatoms. The summed E-state index contributed by atoms with van der Waals surface area (Å²) >= 11 is 6.46. The van der Waals surface area contributed by atoms with Crippen LogP contribution in [0.5, 0.6) is 0 Å². The summed E-state index contributed by atoms with van der Waals surface area (Å²) in [6.45, 7) is 3.99. The molecule has 0 N–H and O–H groups in total. The van der Waals surface area contributed by atoms with Crippen molar-refractivity contribution < 1.29 is 4.79 Å². The van der Waals surface area contributed by atoms with E-state index in [0.717, 1.165) is 42.9 Å². The van der Waals surface area contributed by atoms with Crippen LogP contribution in [-0.4, -0.2) is 21.1 Å². The molecule has 0 spiro atoms. The molecule has 0 fully saturated rings. The Morgan fingerprint density at radius 2 is 1.96 bits per heavy atom. The lowest BCUT2D eigenvalue weighted by Crippen LogP contribution is -2.20. The Morgan fingerprint density at radius 1 is 1.27 bits per heavy atom. The third-order valence-electron chi connectivity index (χ3n) is 4.31. The summed E-state index contributed by atoms with van der Waals surface area (Å²) < 4.78 is 2.58. The highest BCUT2D eigenvalue weighted by Crippen LogP contribution is 2.28. The molecule has 0 saturated heterocycles. The lowest BCUT2D eigenvalue weighted by molar-refractivity contribution is 0.0982. The molecular formula is C19H19BrN2O2S2. The molecule has 26 heavy (non-hydrogen) atoms. The SMILES string of the molecule is Cc1sc2nc(SCCCC(=O)c3ccc(Br)cc3)n(C)c(=O)c2c1C. The number of rotatable bonds is 6. The highest BCUT2D eigenvalue weighted by Gasteiger charge is 2.15. The van der Waals surface area contributed by atoms with Gasteiger partial charge in [0.1, 0.15) is 4.83 Å². The monoisotopic (exact) mass is 450 g/mol. The van der Waals surface area contributed by atoms with Crippen molar-refractivity contribution in [1.82, 2.24) is 9.55 Å². The maximum absolute atomic E-state index is 12.6. The summed E-state index contributed by atoms with van der Waals surface area (Å²) in [5, 5.41) is 1.43. The van der Waals surface area contributed by atoms with Crippen LogP contribution < -0.4 is 5.56 Å². The van der Waals surface area contributed by atoms with E-state index in [1.54, 1.807) is 23.0 Å². The van der Waals surface area contributed by atoms with Gasteiger partial charge in [-0.25, -0.2) is 4.98 Å². The summed E-state index contributed by atoms with van der Waals surface area (Å²) in [6.07, 6.45) is 1.23. The Balaban J connectivity index is 1.65. The molecule has 2 aromatic heterocycles. The molecule has 0 unspecified atom stereocenters. The first-order valence-corrected chi connectivity index (χ1v) is 10.9. The van der Waals surface area contributed by atoms with Crippen LogP contribution in [0, 0.1) is 13.8 Å². The van der Waals surface area contributed by atoms with Gasteiger partial charge in [0.25, 0.3) is 5.56 Å². The predicted octanol–water partition coefficient (Wildman–Crippen LogP) is 5.13. The molecule has 0 aliphatic heterocycles. The number of hydrogen-bond acceptors (Lipinski definition) is 5. The van der Waals surface area contributed by atoms with Crippen molar-refractivity contribution in [2.75, 3.05) is 5.75 Å². The van der Waals surface area contributed by atoms with Crippen LogP contribution in [0.1, 0.15) is 33.6 Å². The number of nitrogens with zero attached hydrogens (tertiary/aromatic N) is 2. The van der Waals surface area contributed by atoms with E-state index in [2.05, 4.69) is 20.9 Å². The second-order valence-electron chi connectivity index (χ2n) is 6.10. The zero-order valence-electron chi connectivity index (χ0n) is 14.8. The number of aryl methyl sites for hydroxylation is 2. The van der Waals surface area contributed by atoms with Crippen molar-refractivity contribution >= 4 is 55.0 Å². The summed E-state index contributed by atoms with van der Waals surface area (Å²) in [7, 11) is 1.76. The Hall–Kier alpha value is -1.44. The molecule has 0 aliphatic rings. The zero-order chi connectivity index (χ0) is 18.8. The molecule has 0 amide bonds. The van der Waals surface area contributed by atoms with Gasteiger partial charge in [-0.1, -0.05) is 39.8 Å². The van der Waals surface area contributed by atoms with E-state index < -0.39 is 0 Å². The number of aromatic nitrogens is 2. The summed E-state index contributed by atoms with van der Waals surface area (Å²) in [6, 6.07) is 7.42. The molecule has 0 radical (unpaired) electrons. The number of thioether (sulfide) groups is 1. The van der Waals surface area contributed by atoms with Gasteiger partial charge in [0.2, 0.25) is 0 Å². The normalized spacial score (nSPS) is 11.2. The van der Waals surface area contributed by atoms with Gasteiger partial charge in [-0.3, -0.25) is 14.2 Å². The maximum atomic E-state index is 12.6. The van der Waals surface area contributed by atoms with Crippen LogP contribution in [0.2, 0.25) is 0 Å². The van der Waals surface area contributed by atoms with E-state index in [0.29, 0.717) is 11.6 Å². The first-order chi connectivity index (χ1) is 12.4. The van der Waals surface area contributed by atoms with Crippen molar-refractivity contribution in [3.63, 3.8) is 0 Å². The van der Waals surface area contributed by atoms with Crippen molar-refractivity contribution in [2.45, 2.75) is 31.8 Å². The van der Waals surface area contributed by atoms with E-state index in [1.165, 1.54) is 11.8 Å². The molecule has 3 rings (SSSR count). The van der Waals surface area contributed by atoms with Crippen molar-refractivity contribution in [2.24, 2.45) is 7.05 Å². The standard InChI is InChI=1S/C19H19BrN2O2S2/c1-11-12(2)26-17-16(11)18(24)22(3)19(21-17)25-10-4-5-15(23)13-6-8-14(20)9-7-13/h6-9H,4-5,10H2,1-3H3. The zero-order valence-corrected chi connectivity index (χ0v) is 18.1. The van der Waals surface area contributed by atoms with E-state index in [9.17, 15) is 9.59 Å². The smallest absolute Gasteiger partial charge is 0.262 e. The van der Waals surface area contributed by atoms with Gasteiger partial charge in [-0.2, -0.15) is 0 Å². The number of carbonyl (C=O) groups is 1. The fourth-order valence-electron chi connectivity index (χ4n) is 2.66. The van der Waals surface area contributed by atoms with Crippen LogP contribution in [-0.2, 0) is 7.05 Å². The summed E-state index contributed by atoms with van der Waals surface area (Å²) in [5.41, 5.74) is 1.76. The van der Waals surface area contributed by atoms with E-state index in [1.807, 2.05) is 38.1 Å². The molecule has 4 nitrogen and oxygen atoms in total.